The Bertz CT molecular complexity index is 1340. The van der Waals surface area contributed by atoms with Gasteiger partial charge in [0.05, 0.1) is 0 Å². The normalized spacial score (nSPS) is 19.1. The van der Waals surface area contributed by atoms with E-state index in [-0.39, 0.29) is 19.5 Å². The lowest BCUT2D eigenvalue weighted by atomic mass is 9.88. The number of carboxylic acids is 1. The molecule has 0 spiro atoms. The number of nitrogens with zero attached hydrogens (tertiary/aromatic N) is 3. The quantitative estimate of drug-likeness (QED) is 0.312. The first-order valence-corrected chi connectivity index (χ1v) is 13.1. The largest absolute Gasteiger partial charge is 0.480 e. The van der Waals surface area contributed by atoms with Crippen LogP contribution in [0.5, 0.6) is 0 Å². The van der Waals surface area contributed by atoms with Crippen LogP contribution in [0.25, 0.3) is 11.1 Å². The summed E-state index contributed by atoms with van der Waals surface area (Å²) in [6, 6.07) is 13.9. The first kappa shape index (κ1) is 31.4. The lowest BCUT2D eigenvalue weighted by Crippen LogP contribution is -2.66. The smallest absolute Gasteiger partial charge is 0.430 e. The standard InChI is InChI=1S/C29H30F6N4O3/c30-28(31,32)27(42,29(33,34)35)24-7-5-23(6-8-24)22-3-1-20(2-4-22)17-38-15-16-39(18-21-9-13-37-14-10-21)26(19-38,11-12-36)25(40)41/h1-10,13-14,42H,11-12,15-19,36H2,(H,40,41). The molecule has 0 saturated carbocycles. The van der Waals surface area contributed by atoms with Crippen LogP contribution in [-0.4, -0.2) is 75.0 Å². The summed E-state index contributed by atoms with van der Waals surface area (Å²) in [5, 5.41) is 19.9. The zero-order valence-corrected chi connectivity index (χ0v) is 22.4. The number of piperazine rings is 1. The summed E-state index contributed by atoms with van der Waals surface area (Å²) < 4.78 is 79.1. The molecule has 0 bridgehead atoms. The molecular weight excluding hydrogens is 566 g/mol. The van der Waals surface area contributed by atoms with Crippen LogP contribution in [0.15, 0.2) is 73.1 Å². The number of carbonyl (C=O) groups is 1. The summed E-state index contributed by atoms with van der Waals surface area (Å²) in [5.41, 5.74) is 0.997. The summed E-state index contributed by atoms with van der Waals surface area (Å²) in [7, 11) is 0. The van der Waals surface area contributed by atoms with Crippen LogP contribution in [-0.2, 0) is 23.5 Å². The number of aromatic nitrogens is 1. The summed E-state index contributed by atoms with van der Waals surface area (Å²) in [4.78, 5) is 20.5. The van der Waals surface area contributed by atoms with Crippen molar-refractivity contribution in [2.75, 3.05) is 26.2 Å². The highest BCUT2D eigenvalue weighted by Crippen LogP contribution is 2.50. The third-order valence-corrected chi connectivity index (χ3v) is 7.67. The van der Waals surface area contributed by atoms with Gasteiger partial charge in [-0.3, -0.25) is 19.6 Å². The highest BCUT2D eigenvalue weighted by Gasteiger charge is 2.71. The first-order valence-electron chi connectivity index (χ1n) is 13.1. The monoisotopic (exact) mass is 596 g/mol. The van der Waals surface area contributed by atoms with Gasteiger partial charge in [-0.1, -0.05) is 48.5 Å². The zero-order valence-electron chi connectivity index (χ0n) is 22.4. The van der Waals surface area contributed by atoms with Gasteiger partial charge in [-0.2, -0.15) is 26.3 Å². The molecule has 1 fully saturated rings. The van der Waals surface area contributed by atoms with Crippen molar-refractivity contribution in [1.82, 2.24) is 14.8 Å². The summed E-state index contributed by atoms with van der Waals surface area (Å²) in [5.74, 6) is -0.964. The molecule has 226 valence electrons. The Balaban J connectivity index is 1.49. The van der Waals surface area contributed by atoms with Crippen LogP contribution in [0.1, 0.15) is 23.1 Å². The van der Waals surface area contributed by atoms with E-state index in [2.05, 4.69) is 4.98 Å². The molecule has 4 N–H and O–H groups in total. The molecule has 4 rings (SSSR count). The number of nitrogens with two attached hydrogens (primary N) is 1. The van der Waals surface area contributed by atoms with Crippen LogP contribution in [0.3, 0.4) is 0 Å². The average Bonchev–Trinajstić information content (AvgIpc) is 2.94. The van der Waals surface area contributed by atoms with Crippen LogP contribution >= 0.6 is 0 Å². The number of benzene rings is 2. The number of pyridine rings is 1. The number of aliphatic hydroxyl groups is 1. The molecule has 7 nitrogen and oxygen atoms in total. The van der Waals surface area contributed by atoms with Gasteiger partial charge < -0.3 is 15.9 Å². The van der Waals surface area contributed by atoms with Gasteiger partial charge >= 0.3 is 18.3 Å². The van der Waals surface area contributed by atoms with Crippen molar-refractivity contribution in [2.24, 2.45) is 5.73 Å². The molecule has 2 aromatic carbocycles. The second kappa shape index (κ2) is 12.0. The minimum atomic E-state index is -5.96. The number of alkyl halides is 6. The Hall–Kier alpha value is -3.52. The molecule has 42 heavy (non-hydrogen) atoms. The van der Waals surface area contributed by atoms with Crippen molar-refractivity contribution in [3.63, 3.8) is 0 Å². The van der Waals surface area contributed by atoms with E-state index < -0.39 is 35.0 Å². The lowest BCUT2D eigenvalue weighted by molar-refractivity contribution is -0.376. The molecule has 1 aliphatic heterocycles. The van der Waals surface area contributed by atoms with E-state index in [1.165, 1.54) is 0 Å². The van der Waals surface area contributed by atoms with Crippen LogP contribution < -0.4 is 5.73 Å². The SMILES string of the molecule is NCCC1(C(=O)O)CN(Cc2ccc(-c3ccc(C(O)(C(F)(F)F)C(F)(F)F)cc3)cc2)CCN1Cc1ccncc1. The van der Waals surface area contributed by atoms with E-state index in [0.29, 0.717) is 49.4 Å². The van der Waals surface area contributed by atoms with Gasteiger partial charge in [0.1, 0.15) is 5.54 Å². The molecule has 0 aliphatic carbocycles. The van der Waals surface area contributed by atoms with E-state index in [1.54, 1.807) is 36.7 Å². The third-order valence-electron chi connectivity index (χ3n) is 7.67. The van der Waals surface area contributed by atoms with E-state index >= 15 is 0 Å². The maximum absolute atomic E-state index is 13.2. The number of aliphatic carboxylic acids is 1. The summed E-state index contributed by atoms with van der Waals surface area (Å²) >= 11 is 0. The lowest BCUT2D eigenvalue weighted by Gasteiger charge is -2.48. The summed E-state index contributed by atoms with van der Waals surface area (Å²) in [6.45, 7) is 2.35. The van der Waals surface area contributed by atoms with E-state index in [9.17, 15) is 41.4 Å². The highest BCUT2D eigenvalue weighted by molar-refractivity contribution is 5.79. The second-order valence-corrected chi connectivity index (χ2v) is 10.3. The highest BCUT2D eigenvalue weighted by atomic mass is 19.4. The van der Waals surface area contributed by atoms with Gasteiger partial charge in [-0.25, -0.2) is 0 Å². The van der Waals surface area contributed by atoms with Gasteiger partial charge in [-0.15, -0.1) is 0 Å². The molecule has 1 aliphatic rings. The second-order valence-electron chi connectivity index (χ2n) is 10.3. The molecule has 2 heterocycles. The van der Waals surface area contributed by atoms with Gasteiger partial charge in [-0.05, 0) is 47.4 Å². The third kappa shape index (κ3) is 6.14. The molecule has 1 aromatic heterocycles. The molecule has 3 aromatic rings. The molecule has 0 radical (unpaired) electrons. The van der Waals surface area contributed by atoms with Crippen LogP contribution in [0, 0.1) is 0 Å². The number of hydrogen-bond acceptors (Lipinski definition) is 6. The fraction of sp³-hybridized carbons (Fsp3) is 0.379. The minimum absolute atomic E-state index is 0.184. The Labute approximate surface area is 238 Å². The molecule has 1 saturated heterocycles. The fourth-order valence-electron chi connectivity index (χ4n) is 5.34. The van der Waals surface area contributed by atoms with Crippen molar-refractivity contribution < 1.29 is 41.4 Å². The van der Waals surface area contributed by atoms with Crippen molar-refractivity contribution in [3.05, 3.63) is 89.7 Å². The van der Waals surface area contributed by atoms with E-state index in [1.807, 2.05) is 21.9 Å². The maximum atomic E-state index is 13.2. The molecular formula is C29H30F6N4O3. The molecule has 1 atom stereocenters. The maximum Gasteiger partial charge on any atom is 0.430 e. The van der Waals surface area contributed by atoms with Gasteiger partial charge in [0.25, 0.3) is 5.60 Å². The average molecular weight is 597 g/mol. The van der Waals surface area contributed by atoms with Gasteiger partial charge in [0.15, 0.2) is 0 Å². The number of rotatable bonds is 9. The topological polar surface area (TPSA) is 103 Å². The Morgan fingerprint density at radius 2 is 1.36 bits per heavy atom. The minimum Gasteiger partial charge on any atom is -0.480 e. The number of hydrogen-bond donors (Lipinski definition) is 3. The van der Waals surface area contributed by atoms with Crippen LogP contribution in [0.4, 0.5) is 26.3 Å². The first-order chi connectivity index (χ1) is 19.7. The predicted molar refractivity (Wildman–Crippen MR) is 142 cm³/mol. The van der Waals surface area contributed by atoms with E-state index in [0.717, 1.165) is 23.3 Å². The summed E-state index contributed by atoms with van der Waals surface area (Å²) in [6.07, 6.45) is -8.36. The van der Waals surface area contributed by atoms with Crippen LogP contribution in [0.2, 0.25) is 0 Å². The van der Waals surface area contributed by atoms with Gasteiger partial charge in [0.2, 0.25) is 0 Å². The molecule has 1 unspecified atom stereocenters. The predicted octanol–water partition coefficient (Wildman–Crippen LogP) is 4.55. The number of carboxylic acid groups (broad SMARTS) is 1. The molecule has 0 amide bonds. The molecule has 13 heteroatoms. The van der Waals surface area contributed by atoms with Crippen molar-refractivity contribution in [3.8, 4) is 11.1 Å². The zero-order chi connectivity index (χ0) is 30.8. The Morgan fingerprint density at radius 1 is 0.833 bits per heavy atom. The number of halogens is 6. The van der Waals surface area contributed by atoms with E-state index in [4.69, 9.17) is 5.73 Å². The van der Waals surface area contributed by atoms with Crippen molar-refractivity contribution in [1.29, 1.82) is 0 Å². The Kier molecular flexibility index (Phi) is 8.97. The van der Waals surface area contributed by atoms with Crippen molar-refractivity contribution in [2.45, 2.75) is 43.0 Å². The fourth-order valence-corrected chi connectivity index (χ4v) is 5.34. The Morgan fingerprint density at radius 3 is 1.86 bits per heavy atom. The van der Waals surface area contributed by atoms with Crippen molar-refractivity contribution >= 4 is 5.97 Å². The van der Waals surface area contributed by atoms with Gasteiger partial charge in [0, 0.05) is 50.7 Å².